The molecule has 2 N–H and O–H groups in total. The van der Waals surface area contributed by atoms with E-state index in [1.165, 1.54) is 4.90 Å². The molecule has 0 radical (unpaired) electrons. The van der Waals surface area contributed by atoms with Gasteiger partial charge in [-0.05, 0) is 31.2 Å². The topological polar surface area (TPSA) is 32.3 Å². The fourth-order valence-corrected chi connectivity index (χ4v) is 2.88. The van der Waals surface area contributed by atoms with Crippen LogP contribution in [0.2, 0.25) is 0 Å². The SMILES string of the molecule is Cc1c(O)ccc2c1Nc1ccccc1S2. The van der Waals surface area contributed by atoms with Crippen LogP contribution in [-0.2, 0) is 0 Å². The lowest BCUT2D eigenvalue weighted by Crippen LogP contribution is -2.01. The Morgan fingerprint density at radius 3 is 2.75 bits per heavy atom. The number of aromatic hydroxyl groups is 1. The lowest BCUT2D eigenvalue weighted by Gasteiger charge is -2.22. The van der Waals surface area contributed by atoms with Crippen LogP contribution in [0, 0.1) is 6.92 Å². The van der Waals surface area contributed by atoms with E-state index in [0.717, 1.165) is 21.8 Å². The maximum absolute atomic E-state index is 9.67. The van der Waals surface area contributed by atoms with E-state index in [-0.39, 0.29) is 0 Å². The zero-order valence-electron chi connectivity index (χ0n) is 8.82. The second kappa shape index (κ2) is 3.46. The predicted molar refractivity (Wildman–Crippen MR) is 66.7 cm³/mol. The average molecular weight is 229 g/mol. The van der Waals surface area contributed by atoms with Gasteiger partial charge in [-0.2, -0.15) is 0 Å². The molecule has 0 aromatic heterocycles. The van der Waals surface area contributed by atoms with E-state index in [4.69, 9.17) is 0 Å². The number of nitrogens with one attached hydrogen (secondary N) is 1. The highest BCUT2D eigenvalue weighted by Gasteiger charge is 2.17. The summed E-state index contributed by atoms with van der Waals surface area (Å²) in [5, 5.41) is 13.0. The number of hydrogen-bond acceptors (Lipinski definition) is 3. The molecule has 2 nitrogen and oxygen atoms in total. The minimum Gasteiger partial charge on any atom is -0.508 e. The minimum absolute atomic E-state index is 0.339. The molecule has 3 heteroatoms. The van der Waals surface area contributed by atoms with Crippen LogP contribution in [-0.4, -0.2) is 5.11 Å². The van der Waals surface area contributed by atoms with E-state index < -0.39 is 0 Å². The van der Waals surface area contributed by atoms with Gasteiger partial charge in [-0.3, -0.25) is 0 Å². The molecule has 2 aromatic carbocycles. The molecule has 0 saturated heterocycles. The number of fused-ring (bicyclic) bond motifs is 2. The number of para-hydroxylation sites is 1. The van der Waals surface area contributed by atoms with E-state index in [1.54, 1.807) is 17.8 Å². The van der Waals surface area contributed by atoms with E-state index in [1.807, 2.05) is 25.1 Å². The second-order valence-electron chi connectivity index (χ2n) is 3.81. The molecule has 1 heterocycles. The number of phenols is 1. The molecular formula is C13H11NOS. The summed E-state index contributed by atoms with van der Waals surface area (Å²) in [7, 11) is 0. The van der Waals surface area contributed by atoms with Gasteiger partial charge in [-0.15, -0.1) is 0 Å². The van der Waals surface area contributed by atoms with Crippen LogP contribution in [0.15, 0.2) is 46.2 Å². The number of rotatable bonds is 0. The predicted octanol–water partition coefficient (Wildman–Crippen LogP) is 3.91. The summed E-state index contributed by atoms with van der Waals surface area (Å²) in [5.74, 6) is 0.339. The summed E-state index contributed by atoms with van der Waals surface area (Å²) < 4.78 is 0. The van der Waals surface area contributed by atoms with Gasteiger partial charge in [-0.1, -0.05) is 23.9 Å². The number of anilines is 2. The Kier molecular flexibility index (Phi) is 2.07. The first-order valence-electron chi connectivity index (χ1n) is 5.12. The van der Waals surface area contributed by atoms with Crippen molar-refractivity contribution >= 4 is 23.1 Å². The molecule has 16 heavy (non-hydrogen) atoms. The van der Waals surface area contributed by atoms with Crippen LogP contribution in [0.25, 0.3) is 0 Å². The minimum atomic E-state index is 0.339. The van der Waals surface area contributed by atoms with Gasteiger partial charge in [0.15, 0.2) is 0 Å². The second-order valence-corrected chi connectivity index (χ2v) is 4.89. The van der Waals surface area contributed by atoms with Crippen molar-refractivity contribution in [1.29, 1.82) is 0 Å². The molecule has 2 aromatic rings. The van der Waals surface area contributed by atoms with E-state index in [9.17, 15) is 5.11 Å². The molecule has 0 fully saturated rings. The van der Waals surface area contributed by atoms with Crippen molar-refractivity contribution < 1.29 is 5.11 Å². The number of benzene rings is 2. The third-order valence-corrected chi connectivity index (χ3v) is 3.90. The first-order chi connectivity index (χ1) is 7.75. The third-order valence-electron chi connectivity index (χ3n) is 2.76. The highest BCUT2D eigenvalue weighted by Crippen LogP contribution is 2.46. The van der Waals surface area contributed by atoms with Crippen molar-refractivity contribution in [3.05, 3.63) is 42.0 Å². The Morgan fingerprint density at radius 2 is 1.88 bits per heavy atom. The summed E-state index contributed by atoms with van der Waals surface area (Å²) in [4.78, 5) is 2.38. The van der Waals surface area contributed by atoms with Crippen LogP contribution < -0.4 is 5.32 Å². The number of hydrogen-bond donors (Lipinski definition) is 2. The maximum Gasteiger partial charge on any atom is 0.120 e. The van der Waals surface area contributed by atoms with Crippen molar-refractivity contribution in [3.63, 3.8) is 0 Å². The zero-order valence-corrected chi connectivity index (χ0v) is 9.64. The first-order valence-corrected chi connectivity index (χ1v) is 5.94. The molecule has 0 spiro atoms. The van der Waals surface area contributed by atoms with Gasteiger partial charge in [0.25, 0.3) is 0 Å². The molecule has 0 saturated carbocycles. The van der Waals surface area contributed by atoms with Gasteiger partial charge < -0.3 is 10.4 Å². The zero-order chi connectivity index (χ0) is 11.1. The molecule has 1 aliphatic rings. The monoisotopic (exact) mass is 229 g/mol. The van der Waals surface area contributed by atoms with Crippen molar-refractivity contribution in [2.24, 2.45) is 0 Å². The van der Waals surface area contributed by atoms with Crippen LogP contribution in [0.3, 0.4) is 0 Å². The summed E-state index contributed by atoms with van der Waals surface area (Å²) >= 11 is 1.73. The largest absolute Gasteiger partial charge is 0.508 e. The van der Waals surface area contributed by atoms with Gasteiger partial charge in [0.1, 0.15) is 5.75 Å². The van der Waals surface area contributed by atoms with Gasteiger partial charge >= 0.3 is 0 Å². The lowest BCUT2D eigenvalue weighted by atomic mass is 10.1. The Balaban J connectivity index is 2.16. The van der Waals surface area contributed by atoms with Crippen molar-refractivity contribution in [2.45, 2.75) is 16.7 Å². The van der Waals surface area contributed by atoms with Crippen molar-refractivity contribution in [1.82, 2.24) is 0 Å². The summed E-state index contributed by atoms with van der Waals surface area (Å²) in [6.45, 7) is 1.93. The Hall–Kier alpha value is -1.61. The average Bonchev–Trinajstić information content (AvgIpc) is 2.32. The summed E-state index contributed by atoms with van der Waals surface area (Å²) in [5.41, 5.74) is 3.02. The molecule has 0 atom stereocenters. The molecule has 0 unspecified atom stereocenters. The molecule has 0 bridgehead atoms. The van der Waals surface area contributed by atoms with E-state index in [2.05, 4.69) is 17.4 Å². The van der Waals surface area contributed by atoms with Gasteiger partial charge in [0.05, 0.1) is 11.4 Å². The summed E-state index contributed by atoms with van der Waals surface area (Å²) in [6.07, 6.45) is 0. The van der Waals surface area contributed by atoms with Gasteiger partial charge in [0, 0.05) is 15.4 Å². The van der Waals surface area contributed by atoms with Crippen molar-refractivity contribution in [3.8, 4) is 5.75 Å². The molecular weight excluding hydrogens is 218 g/mol. The highest BCUT2D eigenvalue weighted by atomic mass is 32.2. The smallest absolute Gasteiger partial charge is 0.120 e. The van der Waals surface area contributed by atoms with Crippen molar-refractivity contribution in [2.75, 3.05) is 5.32 Å². The lowest BCUT2D eigenvalue weighted by molar-refractivity contribution is 0.471. The van der Waals surface area contributed by atoms with Gasteiger partial charge in [-0.25, -0.2) is 0 Å². The molecule has 0 aliphatic carbocycles. The fraction of sp³-hybridized carbons (Fsp3) is 0.0769. The molecule has 3 rings (SSSR count). The quantitative estimate of drug-likeness (QED) is 0.613. The molecule has 80 valence electrons. The van der Waals surface area contributed by atoms with Crippen LogP contribution in [0.1, 0.15) is 5.56 Å². The Bertz CT molecular complexity index is 566. The van der Waals surface area contributed by atoms with Gasteiger partial charge in [0.2, 0.25) is 0 Å². The normalized spacial score (nSPS) is 12.6. The van der Waals surface area contributed by atoms with Crippen LogP contribution in [0.4, 0.5) is 11.4 Å². The Labute approximate surface area is 98.3 Å². The highest BCUT2D eigenvalue weighted by molar-refractivity contribution is 7.99. The first kappa shape index (κ1) is 9.60. The maximum atomic E-state index is 9.67. The Morgan fingerprint density at radius 1 is 1.06 bits per heavy atom. The van der Waals surface area contributed by atoms with E-state index >= 15 is 0 Å². The van der Waals surface area contributed by atoms with E-state index in [0.29, 0.717) is 5.75 Å². The van der Waals surface area contributed by atoms with Crippen LogP contribution in [0.5, 0.6) is 5.75 Å². The standard InChI is InChI=1S/C13H11NOS/c1-8-10(15)6-7-12-13(8)14-9-4-2-3-5-11(9)16-12/h2-7,14-15H,1H3. The molecule has 0 amide bonds. The fourth-order valence-electron chi connectivity index (χ4n) is 1.83. The summed E-state index contributed by atoms with van der Waals surface area (Å²) in [6, 6.07) is 11.9. The third kappa shape index (κ3) is 1.36. The van der Waals surface area contributed by atoms with Crippen LogP contribution >= 0.6 is 11.8 Å². The molecule has 1 aliphatic heterocycles. The number of phenolic OH excluding ortho intramolecular Hbond substituents is 1.